The van der Waals surface area contributed by atoms with Crippen LogP contribution < -0.4 is 4.90 Å². The molecule has 7 unspecified atom stereocenters. The van der Waals surface area contributed by atoms with Gasteiger partial charge >= 0.3 is 21.8 Å². The van der Waals surface area contributed by atoms with Crippen molar-refractivity contribution in [3.05, 3.63) is 42.0 Å². The second kappa shape index (κ2) is 19.5. The van der Waals surface area contributed by atoms with E-state index in [1.807, 2.05) is 33.5 Å². The number of halogens is 2. The molecule has 0 amide bonds. The monoisotopic (exact) mass is 654 g/mol. The van der Waals surface area contributed by atoms with E-state index < -0.39 is 11.6 Å². The van der Waals surface area contributed by atoms with E-state index in [-0.39, 0.29) is 7.43 Å². The first-order chi connectivity index (χ1) is 19.9. The minimum atomic E-state index is -0.762. The van der Waals surface area contributed by atoms with Gasteiger partial charge in [-0.25, -0.2) is 8.78 Å². The zero-order valence-electron chi connectivity index (χ0n) is 27.6. The molecule has 7 atom stereocenters. The molecule has 4 saturated carbocycles. The normalized spacial score (nSPS) is 31.6. The maximum absolute atomic E-state index is 13.1. The molecular weight excluding hydrogens is 587 g/mol. The van der Waals surface area contributed by atoms with Gasteiger partial charge in [0.15, 0.2) is 11.6 Å². The van der Waals surface area contributed by atoms with E-state index >= 15 is 0 Å². The van der Waals surface area contributed by atoms with E-state index in [1.54, 1.807) is 63.0 Å². The van der Waals surface area contributed by atoms with E-state index in [2.05, 4.69) is 35.6 Å². The van der Waals surface area contributed by atoms with Gasteiger partial charge < -0.3 is 4.90 Å². The van der Waals surface area contributed by atoms with Gasteiger partial charge in [0.1, 0.15) is 0 Å². The van der Waals surface area contributed by atoms with Crippen LogP contribution in [0.2, 0.25) is 5.82 Å². The molecule has 1 nitrogen and oxygen atoms in total. The molecule has 1 aliphatic heterocycles. The molecule has 1 radical (unpaired) electrons. The van der Waals surface area contributed by atoms with Crippen molar-refractivity contribution in [3.63, 3.8) is 0 Å². The fourth-order valence-electron chi connectivity index (χ4n) is 9.51. The average molecular weight is 654 g/mol. The van der Waals surface area contributed by atoms with Crippen molar-refractivity contribution >= 4 is 21.7 Å². The quantitative estimate of drug-likeness (QED) is 0.178. The van der Waals surface area contributed by atoms with E-state index in [4.69, 9.17) is 0 Å². The molecule has 4 fully saturated rings. The number of nitrogens with zero attached hydrogens (tertiary/aromatic N) is 1. The first-order valence-electron chi connectivity index (χ1n) is 17.1. The van der Waals surface area contributed by atoms with Crippen LogP contribution in [0, 0.1) is 52.6 Å². The van der Waals surface area contributed by atoms with Crippen LogP contribution in [0.15, 0.2) is 24.8 Å². The van der Waals surface area contributed by atoms with Gasteiger partial charge in [0.25, 0.3) is 0 Å². The summed E-state index contributed by atoms with van der Waals surface area (Å²) in [6.07, 6.45) is 22.6. The van der Waals surface area contributed by atoms with Crippen molar-refractivity contribution < 1.29 is 8.78 Å². The molecule has 0 bridgehead atoms. The number of benzene rings is 1. The van der Waals surface area contributed by atoms with Crippen LogP contribution in [0.5, 0.6) is 0 Å². The summed E-state index contributed by atoms with van der Waals surface area (Å²) in [7, 11) is 1.77. The third-order valence-corrected chi connectivity index (χ3v) is 11.3. The fraction of sp³-hybridized carbons (Fsp3) is 0.789. The maximum atomic E-state index is 13.1. The van der Waals surface area contributed by atoms with Crippen LogP contribution in [0.1, 0.15) is 131 Å². The molecule has 4 heteroatoms. The zero-order chi connectivity index (χ0) is 30.6. The molecule has 243 valence electrons. The van der Waals surface area contributed by atoms with Crippen molar-refractivity contribution in [2.45, 2.75) is 138 Å². The fourth-order valence-corrected chi connectivity index (χ4v) is 9.51. The molecule has 1 aromatic rings. The van der Waals surface area contributed by atoms with Gasteiger partial charge in [-0.3, -0.25) is 0 Å². The predicted molar refractivity (Wildman–Crippen MR) is 184 cm³/mol. The van der Waals surface area contributed by atoms with Crippen molar-refractivity contribution in [3.8, 4) is 0 Å². The standard InChI is InChI=1S/C23H38.C9H9F2N.2C2H6.CH3Se.CH4/c1-3-4-5-9-18-12-14-22-21-13-11-17-8-6-7-10-19(17)20(21)15-16-23(18,22)2;1-12-5-4-6-2-3-7(10)8(11)9(6)12;3*1-2;/h3,17-22H,1,4-16H2,2H3;2-3H,4-5H2,1H3;2*1-2H3;1H3;1H4. The molecule has 0 spiro atoms. The van der Waals surface area contributed by atoms with Gasteiger partial charge in [0.2, 0.25) is 0 Å². The Morgan fingerprint density at radius 2 is 1.62 bits per heavy atom. The van der Waals surface area contributed by atoms with Crippen molar-refractivity contribution in [1.82, 2.24) is 0 Å². The molecular formula is C38H66F2NSe. The Labute approximate surface area is 268 Å². The number of unbranched alkanes of at least 4 members (excludes halogenated alkanes) is 1. The molecule has 42 heavy (non-hydrogen) atoms. The Bertz CT molecular complexity index is 903. The number of rotatable bonds is 4. The zero-order valence-corrected chi connectivity index (χ0v) is 29.3. The van der Waals surface area contributed by atoms with Crippen LogP contribution in [0.4, 0.5) is 14.5 Å². The summed E-state index contributed by atoms with van der Waals surface area (Å²) in [6.45, 7) is 15.4. The van der Waals surface area contributed by atoms with E-state index in [9.17, 15) is 8.78 Å². The molecule has 0 aromatic heterocycles. The topological polar surface area (TPSA) is 3.24 Å². The number of fused-ring (bicyclic) bond motifs is 6. The van der Waals surface area contributed by atoms with Crippen LogP contribution >= 0.6 is 0 Å². The van der Waals surface area contributed by atoms with Crippen LogP contribution in [0.25, 0.3) is 0 Å². The van der Waals surface area contributed by atoms with Crippen LogP contribution in [-0.2, 0) is 6.42 Å². The average Bonchev–Trinajstić information content (AvgIpc) is 3.58. The second-order valence-electron chi connectivity index (χ2n) is 12.8. The van der Waals surface area contributed by atoms with Gasteiger partial charge in [-0.05, 0) is 123 Å². The molecule has 4 aliphatic carbocycles. The second-order valence-corrected chi connectivity index (χ2v) is 12.8. The molecule has 0 saturated heterocycles. The SMILES string of the molecule is C.C=CCCCC1CCC2C3CCC4CCCCC4C3CCC12C.CC.CC.CN1CCc2ccc(F)c(F)c21.C[Se]. The predicted octanol–water partition coefficient (Wildman–Crippen LogP) is 11.9. The third-order valence-electron chi connectivity index (χ3n) is 11.3. The van der Waals surface area contributed by atoms with Gasteiger partial charge in [-0.15, -0.1) is 6.58 Å². The van der Waals surface area contributed by atoms with Gasteiger partial charge in [-0.2, -0.15) is 0 Å². The number of allylic oxidation sites excluding steroid dienone is 1. The summed E-state index contributed by atoms with van der Waals surface area (Å²) in [5.74, 6) is 6.99. The third kappa shape index (κ3) is 8.65. The van der Waals surface area contributed by atoms with Crippen molar-refractivity contribution in [2.75, 3.05) is 18.5 Å². The molecule has 6 rings (SSSR count). The van der Waals surface area contributed by atoms with E-state index in [0.717, 1.165) is 54.0 Å². The Morgan fingerprint density at radius 3 is 2.31 bits per heavy atom. The Kier molecular flexibility index (Phi) is 18.2. The van der Waals surface area contributed by atoms with Gasteiger partial charge in [0.05, 0.1) is 5.69 Å². The number of likely N-dealkylation sites (N-methyl/N-ethyl adjacent to an activating group) is 1. The Morgan fingerprint density at radius 1 is 0.929 bits per heavy atom. The number of hydrogen-bond acceptors (Lipinski definition) is 1. The first-order valence-corrected chi connectivity index (χ1v) is 18.8. The van der Waals surface area contributed by atoms with Crippen molar-refractivity contribution in [2.24, 2.45) is 40.9 Å². The first kappa shape index (κ1) is 39.2. The summed E-state index contributed by atoms with van der Waals surface area (Å²) in [5.41, 5.74) is 2.02. The van der Waals surface area contributed by atoms with Crippen LogP contribution in [-0.4, -0.2) is 29.6 Å². The Balaban J connectivity index is 0.000000394. The summed E-state index contributed by atoms with van der Waals surface area (Å²) in [6, 6.07) is 2.84. The number of hydrogen-bond donors (Lipinski definition) is 0. The van der Waals surface area contributed by atoms with E-state index in [0.29, 0.717) is 11.1 Å². The van der Waals surface area contributed by atoms with Crippen molar-refractivity contribution in [1.29, 1.82) is 0 Å². The molecule has 1 aromatic carbocycles. The summed E-state index contributed by atoms with van der Waals surface area (Å²) < 4.78 is 25.9. The van der Waals surface area contributed by atoms with E-state index in [1.165, 1.54) is 44.6 Å². The molecule has 0 N–H and O–H groups in total. The van der Waals surface area contributed by atoms with Gasteiger partial charge in [-0.1, -0.05) is 73.5 Å². The summed E-state index contributed by atoms with van der Waals surface area (Å²) in [4.78, 5) is 1.74. The molecule has 1 heterocycles. The summed E-state index contributed by atoms with van der Waals surface area (Å²) in [5, 5.41) is 0. The summed E-state index contributed by atoms with van der Waals surface area (Å²) >= 11 is 2.62. The molecule has 5 aliphatic rings. The van der Waals surface area contributed by atoms with Gasteiger partial charge in [0, 0.05) is 13.6 Å². The Hall–Kier alpha value is -0.861. The minimum absolute atomic E-state index is 0. The van der Waals surface area contributed by atoms with Crippen LogP contribution in [0.3, 0.4) is 0 Å². The number of anilines is 1.